The van der Waals surface area contributed by atoms with Crippen molar-refractivity contribution in [3.8, 4) is 5.75 Å². The van der Waals surface area contributed by atoms with Gasteiger partial charge in [0.05, 0.1) is 0 Å². The molecule has 2 aromatic rings. The maximum absolute atomic E-state index is 6.04. The highest BCUT2D eigenvalue weighted by molar-refractivity contribution is 6.30. The van der Waals surface area contributed by atoms with Crippen LogP contribution in [-0.2, 0) is 13.2 Å². The van der Waals surface area contributed by atoms with Crippen molar-refractivity contribution in [2.24, 2.45) is 0 Å². The second kappa shape index (κ2) is 7.31. The van der Waals surface area contributed by atoms with E-state index < -0.39 is 0 Å². The summed E-state index contributed by atoms with van der Waals surface area (Å²) in [5.74, 6) is 1.60. The number of benzene rings is 1. The summed E-state index contributed by atoms with van der Waals surface area (Å²) in [4.78, 5) is 0. The van der Waals surface area contributed by atoms with Gasteiger partial charge in [0.2, 0.25) is 0 Å². The van der Waals surface area contributed by atoms with E-state index >= 15 is 0 Å². The molecule has 1 heterocycles. The summed E-state index contributed by atoms with van der Waals surface area (Å²) >= 11 is 6.04. The third-order valence-corrected chi connectivity index (χ3v) is 3.05. The highest BCUT2D eigenvalue weighted by Gasteiger charge is 2.07. The molecule has 20 heavy (non-hydrogen) atoms. The van der Waals surface area contributed by atoms with Crippen LogP contribution in [0.15, 0.2) is 28.8 Å². The van der Waals surface area contributed by atoms with Crippen LogP contribution >= 0.6 is 11.6 Å². The standard InChI is InChI=1S/C15H19ClN2O2/c1-3-6-17-9-12-8-13(16)4-5-15(12)19-10-14-7-11(2)20-18-14/h4-5,7-8,17H,3,6,9-10H2,1-2H3. The Kier molecular flexibility index (Phi) is 5.44. The van der Waals surface area contributed by atoms with Gasteiger partial charge in [0, 0.05) is 23.2 Å². The molecule has 1 N–H and O–H groups in total. The van der Waals surface area contributed by atoms with E-state index in [0.29, 0.717) is 11.6 Å². The number of hydrogen-bond acceptors (Lipinski definition) is 4. The maximum atomic E-state index is 6.04. The largest absolute Gasteiger partial charge is 0.487 e. The van der Waals surface area contributed by atoms with E-state index in [4.69, 9.17) is 20.9 Å². The summed E-state index contributed by atoms with van der Waals surface area (Å²) in [6, 6.07) is 7.50. The molecule has 0 unspecified atom stereocenters. The van der Waals surface area contributed by atoms with Gasteiger partial charge in [-0.2, -0.15) is 0 Å². The van der Waals surface area contributed by atoms with E-state index in [9.17, 15) is 0 Å². The van der Waals surface area contributed by atoms with Gasteiger partial charge in [0.1, 0.15) is 23.8 Å². The summed E-state index contributed by atoms with van der Waals surface area (Å²) in [5.41, 5.74) is 1.83. The zero-order valence-corrected chi connectivity index (χ0v) is 12.5. The number of nitrogens with zero attached hydrogens (tertiary/aromatic N) is 1. The topological polar surface area (TPSA) is 47.3 Å². The predicted octanol–water partition coefficient (Wildman–Crippen LogP) is 3.72. The minimum Gasteiger partial charge on any atom is -0.487 e. The lowest BCUT2D eigenvalue weighted by Crippen LogP contribution is -2.14. The lowest BCUT2D eigenvalue weighted by Gasteiger charge is -2.11. The lowest BCUT2D eigenvalue weighted by molar-refractivity contribution is 0.284. The van der Waals surface area contributed by atoms with Gasteiger partial charge in [-0.25, -0.2) is 0 Å². The summed E-state index contributed by atoms with van der Waals surface area (Å²) in [5, 5.41) is 7.97. The van der Waals surface area contributed by atoms with Crippen LogP contribution in [0.3, 0.4) is 0 Å². The highest BCUT2D eigenvalue weighted by Crippen LogP contribution is 2.23. The minimum absolute atomic E-state index is 0.389. The quantitative estimate of drug-likeness (QED) is 0.791. The lowest BCUT2D eigenvalue weighted by atomic mass is 10.2. The van der Waals surface area contributed by atoms with Crippen molar-refractivity contribution in [3.05, 3.63) is 46.3 Å². The minimum atomic E-state index is 0.389. The van der Waals surface area contributed by atoms with Gasteiger partial charge < -0.3 is 14.6 Å². The molecule has 0 aliphatic carbocycles. The van der Waals surface area contributed by atoms with Crippen LogP contribution in [0.2, 0.25) is 5.02 Å². The molecule has 0 saturated heterocycles. The zero-order chi connectivity index (χ0) is 14.4. The van der Waals surface area contributed by atoms with Crippen LogP contribution in [-0.4, -0.2) is 11.7 Å². The molecule has 1 aromatic carbocycles. The molecule has 0 atom stereocenters. The Balaban J connectivity index is 2.01. The summed E-state index contributed by atoms with van der Waals surface area (Å²) in [7, 11) is 0. The fraction of sp³-hybridized carbons (Fsp3) is 0.400. The van der Waals surface area contributed by atoms with Gasteiger partial charge in [-0.3, -0.25) is 0 Å². The van der Waals surface area contributed by atoms with Gasteiger partial charge >= 0.3 is 0 Å². The third kappa shape index (κ3) is 4.25. The Bertz CT molecular complexity index is 555. The predicted molar refractivity (Wildman–Crippen MR) is 79.0 cm³/mol. The van der Waals surface area contributed by atoms with Crippen LogP contribution in [0.4, 0.5) is 0 Å². The first kappa shape index (κ1) is 14.9. The molecule has 0 aliphatic rings. The van der Waals surface area contributed by atoms with E-state index in [1.54, 1.807) is 0 Å². The molecule has 0 spiro atoms. The molecule has 2 rings (SSSR count). The SMILES string of the molecule is CCCNCc1cc(Cl)ccc1OCc1cc(C)on1. The number of ether oxygens (including phenoxy) is 1. The Labute approximate surface area is 124 Å². The van der Waals surface area contributed by atoms with Gasteiger partial charge in [-0.1, -0.05) is 23.7 Å². The van der Waals surface area contributed by atoms with E-state index in [1.165, 1.54) is 0 Å². The molecule has 108 valence electrons. The first-order valence-corrected chi connectivity index (χ1v) is 7.11. The average Bonchev–Trinajstić information content (AvgIpc) is 2.84. The van der Waals surface area contributed by atoms with Crippen LogP contribution in [0.25, 0.3) is 0 Å². The number of rotatable bonds is 7. The molecule has 0 radical (unpaired) electrons. The van der Waals surface area contributed by atoms with Crippen molar-refractivity contribution in [2.45, 2.75) is 33.4 Å². The van der Waals surface area contributed by atoms with Crippen molar-refractivity contribution in [3.63, 3.8) is 0 Å². The van der Waals surface area contributed by atoms with Crippen molar-refractivity contribution >= 4 is 11.6 Å². The van der Waals surface area contributed by atoms with E-state index in [1.807, 2.05) is 31.2 Å². The average molecular weight is 295 g/mol. The van der Waals surface area contributed by atoms with Crippen molar-refractivity contribution in [1.82, 2.24) is 10.5 Å². The molecule has 0 amide bonds. The molecule has 5 heteroatoms. The number of hydrogen-bond donors (Lipinski definition) is 1. The third-order valence-electron chi connectivity index (χ3n) is 2.82. The van der Waals surface area contributed by atoms with Crippen molar-refractivity contribution < 1.29 is 9.26 Å². The van der Waals surface area contributed by atoms with E-state index in [2.05, 4.69) is 17.4 Å². The van der Waals surface area contributed by atoms with Gasteiger partial charge in [-0.15, -0.1) is 0 Å². The maximum Gasteiger partial charge on any atom is 0.134 e. The van der Waals surface area contributed by atoms with E-state index in [-0.39, 0.29) is 0 Å². The molecular formula is C15H19ClN2O2. The number of aryl methyl sites for hydroxylation is 1. The second-order valence-electron chi connectivity index (χ2n) is 4.65. The van der Waals surface area contributed by atoms with Crippen LogP contribution in [0, 0.1) is 6.92 Å². The molecule has 0 fully saturated rings. The molecule has 4 nitrogen and oxygen atoms in total. The van der Waals surface area contributed by atoms with Crippen molar-refractivity contribution in [2.75, 3.05) is 6.54 Å². The molecule has 0 aliphatic heterocycles. The molecular weight excluding hydrogens is 276 g/mol. The summed E-state index contributed by atoms with van der Waals surface area (Å²) in [6.07, 6.45) is 1.09. The summed E-state index contributed by atoms with van der Waals surface area (Å²) < 4.78 is 10.8. The molecule has 1 aromatic heterocycles. The highest BCUT2D eigenvalue weighted by atomic mass is 35.5. The zero-order valence-electron chi connectivity index (χ0n) is 11.8. The Morgan fingerprint density at radius 1 is 1.35 bits per heavy atom. The number of halogens is 1. The van der Waals surface area contributed by atoms with Crippen LogP contribution < -0.4 is 10.1 Å². The normalized spacial score (nSPS) is 10.8. The number of nitrogens with one attached hydrogen (secondary N) is 1. The smallest absolute Gasteiger partial charge is 0.134 e. The Morgan fingerprint density at radius 2 is 2.20 bits per heavy atom. The monoisotopic (exact) mass is 294 g/mol. The second-order valence-corrected chi connectivity index (χ2v) is 5.08. The van der Waals surface area contributed by atoms with Gasteiger partial charge in [-0.05, 0) is 38.1 Å². The van der Waals surface area contributed by atoms with Crippen LogP contribution in [0.1, 0.15) is 30.4 Å². The Morgan fingerprint density at radius 3 is 2.90 bits per heavy atom. The summed E-state index contributed by atoms with van der Waals surface area (Å²) in [6.45, 7) is 6.09. The fourth-order valence-electron chi connectivity index (χ4n) is 1.86. The van der Waals surface area contributed by atoms with Gasteiger partial charge in [0.15, 0.2) is 0 Å². The van der Waals surface area contributed by atoms with Crippen LogP contribution in [0.5, 0.6) is 5.75 Å². The first-order valence-electron chi connectivity index (χ1n) is 6.73. The fourth-order valence-corrected chi connectivity index (χ4v) is 2.06. The first-order chi connectivity index (χ1) is 9.69. The molecule has 0 saturated carbocycles. The molecule has 0 bridgehead atoms. The number of aromatic nitrogens is 1. The van der Waals surface area contributed by atoms with Crippen molar-refractivity contribution in [1.29, 1.82) is 0 Å². The Hall–Kier alpha value is -1.52. The van der Waals surface area contributed by atoms with E-state index in [0.717, 1.165) is 42.3 Å². The van der Waals surface area contributed by atoms with Gasteiger partial charge in [0.25, 0.3) is 0 Å².